The molecule has 0 saturated carbocycles. The van der Waals surface area contributed by atoms with Gasteiger partial charge < -0.3 is 5.11 Å². The van der Waals surface area contributed by atoms with Crippen molar-refractivity contribution < 1.29 is 9.67 Å². The minimum Gasteiger partial charge on any atom is -0.396 e. The minimum atomic E-state index is 0.217. The molecule has 0 amide bonds. The Balaban J connectivity index is 1.79. The number of benzene rings is 2. The Morgan fingerprint density at radius 2 is 1.86 bits per heavy atom. The van der Waals surface area contributed by atoms with E-state index in [4.69, 9.17) is 5.11 Å². The highest BCUT2D eigenvalue weighted by Crippen LogP contribution is 2.22. The van der Waals surface area contributed by atoms with Crippen molar-refractivity contribution in [2.75, 3.05) is 12.4 Å². The second-order valence-corrected chi connectivity index (χ2v) is 7.17. The molecule has 1 heterocycles. The van der Waals surface area contributed by atoms with Gasteiger partial charge in [0.15, 0.2) is 0 Å². The third-order valence-corrected chi connectivity index (χ3v) is 5.61. The number of fused-ring (bicyclic) bond motifs is 1. The van der Waals surface area contributed by atoms with E-state index in [1.54, 1.807) is 23.1 Å². The van der Waals surface area contributed by atoms with Crippen molar-refractivity contribution in [3.05, 3.63) is 59.1 Å². The highest BCUT2D eigenvalue weighted by atomic mass is 32.2. The van der Waals surface area contributed by atoms with Gasteiger partial charge in [0, 0.05) is 22.8 Å². The molecule has 0 aliphatic carbocycles. The number of thiazole rings is 1. The van der Waals surface area contributed by atoms with Gasteiger partial charge in [0.1, 0.15) is 11.7 Å². The van der Waals surface area contributed by atoms with Crippen LogP contribution < -0.4 is 4.57 Å². The zero-order valence-electron chi connectivity index (χ0n) is 12.4. The number of hydrogen-bond acceptors (Lipinski definition) is 3. The van der Waals surface area contributed by atoms with Crippen LogP contribution in [0.4, 0.5) is 0 Å². The summed E-state index contributed by atoms with van der Waals surface area (Å²) in [6.45, 7) is 0.217. The smallest absolute Gasteiger partial charge is 0.262 e. The summed E-state index contributed by atoms with van der Waals surface area (Å²) in [5.74, 6) is 0.743. The molecule has 1 aromatic heterocycles. The van der Waals surface area contributed by atoms with Gasteiger partial charge in [-0.2, -0.15) is 4.57 Å². The first-order valence-electron chi connectivity index (χ1n) is 7.17. The quantitative estimate of drug-likeness (QED) is 0.566. The lowest BCUT2D eigenvalue weighted by Crippen LogP contribution is -2.28. The SMILES string of the molecule is C[n+]1c(C=Cc2ccc(SCCO)cc2)sc2ccccc21. The first-order valence-corrected chi connectivity index (χ1v) is 8.97. The third-order valence-electron chi connectivity index (χ3n) is 3.43. The van der Waals surface area contributed by atoms with Gasteiger partial charge in [-0.05, 0) is 29.8 Å². The van der Waals surface area contributed by atoms with Crippen molar-refractivity contribution in [1.82, 2.24) is 0 Å². The molecule has 0 bridgehead atoms. The predicted molar refractivity (Wildman–Crippen MR) is 96.2 cm³/mol. The van der Waals surface area contributed by atoms with E-state index in [0.29, 0.717) is 0 Å². The van der Waals surface area contributed by atoms with Crippen LogP contribution in [0.2, 0.25) is 0 Å². The largest absolute Gasteiger partial charge is 0.396 e. The van der Waals surface area contributed by atoms with Crippen LogP contribution >= 0.6 is 23.1 Å². The molecule has 22 heavy (non-hydrogen) atoms. The summed E-state index contributed by atoms with van der Waals surface area (Å²) < 4.78 is 3.53. The number of rotatable bonds is 5. The molecule has 4 heteroatoms. The lowest BCUT2D eigenvalue weighted by Gasteiger charge is -1.99. The molecule has 0 fully saturated rings. The summed E-state index contributed by atoms with van der Waals surface area (Å²) in [7, 11) is 2.10. The number of aromatic nitrogens is 1. The molecule has 1 N–H and O–H groups in total. The van der Waals surface area contributed by atoms with Crippen LogP contribution in [0.1, 0.15) is 10.6 Å². The standard InChI is InChI=1S/C18H18NOS2/c1-19-16-4-2-3-5-17(16)22-18(19)11-8-14-6-9-15(10-7-14)21-13-12-20/h2-11,20H,12-13H2,1H3/q+1. The van der Waals surface area contributed by atoms with Crippen LogP contribution in [0.3, 0.4) is 0 Å². The summed E-state index contributed by atoms with van der Waals surface area (Å²) in [5, 5.41) is 10.1. The first-order chi connectivity index (χ1) is 10.8. The molecule has 0 saturated heterocycles. The molecule has 2 nitrogen and oxygen atoms in total. The molecular weight excluding hydrogens is 310 g/mol. The topological polar surface area (TPSA) is 24.1 Å². The second kappa shape index (κ2) is 7.09. The summed E-state index contributed by atoms with van der Waals surface area (Å²) in [5.41, 5.74) is 2.45. The molecule has 3 aromatic rings. The number of aliphatic hydroxyl groups excluding tert-OH is 1. The normalized spacial score (nSPS) is 11.5. The van der Waals surface area contributed by atoms with Crippen molar-refractivity contribution >= 4 is 45.5 Å². The second-order valence-electron chi connectivity index (χ2n) is 4.94. The zero-order chi connectivity index (χ0) is 15.4. The average Bonchev–Trinajstić information content (AvgIpc) is 2.88. The van der Waals surface area contributed by atoms with Gasteiger partial charge in [-0.3, -0.25) is 0 Å². The lowest BCUT2D eigenvalue weighted by molar-refractivity contribution is -0.642. The maximum atomic E-state index is 8.85. The number of nitrogens with zero attached hydrogens (tertiary/aromatic N) is 1. The predicted octanol–water partition coefficient (Wildman–Crippen LogP) is 3.98. The molecule has 3 rings (SSSR count). The Morgan fingerprint density at radius 3 is 2.59 bits per heavy atom. The fourth-order valence-corrected chi connectivity index (χ4v) is 3.98. The number of para-hydroxylation sites is 1. The Morgan fingerprint density at radius 1 is 1.09 bits per heavy atom. The van der Waals surface area contributed by atoms with Crippen LogP contribution in [0, 0.1) is 0 Å². The fraction of sp³-hybridized carbons (Fsp3) is 0.167. The Labute approximate surface area is 138 Å². The zero-order valence-corrected chi connectivity index (χ0v) is 14.0. The van der Waals surface area contributed by atoms with E-state index in [-0.39, 0.29) is 6.61 Å². The van der Waals surface area contributed by atoms with Crippen molar-refractivity contribution in [1.29, 1.82) is 0 Å². The molecule has 0 unspecified atom stereocenters. The van der Waals surface area contributed by atoms with Crippen molar-refractivity contribution in [3.63, 3.8) is 0 Å². The van der Waals surface area contributed by atoms with E-state index in [2.05, 4.69) is 72.3 Å². The van der Waals surface area contributed by atoms with Crippen LogP contribution in [0.25, 0.3) is 22.4 Å². The van der Waals surface area contributed by atoms with Crippen LogP contribution in [0.5, 0.6) is 0 Å². The lowest BCUT2D eigenvalue weighted by atomic mass is 10.2. The van der Waals surface area contributed by atoms with E-state index in [1.807, 2.05) is 0 Å². The van der Waals surface area contributed by atoms with E-state index in [1.165, 1.54) is 25.7 Å². The maximum Gasteiger partial charge on any atom is 0.262 e. The molecule has 2 aromatic carbocycles. The number of aryl methyl sites for hydroxylation is 1. The number of thioether (sulfide) groups is 1. The Hall–Kier alpha value is -1.62. The maximum absolute atomic E-state index is 8.85. The molecule has 0 spiro atoms. The van der Waals surface area contributed by atoms with E-state index in [9.17, 15) is 0 Å². The van der Waals surface area contributed by atoms with Crippen LogP contribution in [-0.2, 0) is 7.05 Å². The summed E-state index contributed by atoms with van der Waals surface area (Å²) in [6, 6.07) is 16.9. The highest BCUT2D eigenvalue weighted by molar-refractivity contribution is 7.99. The van der Waals surface area contributed by atoms with Gasteiger partial charge in [-0.15, -0.1) is 11.8 Å². The molecular formula is C18H18NOS2+. The summed E-state index contributed by atoms with van der Waals surface area (Å²) >= 11 is 3.47. The molecule has 112 valence electrons. The van der Waals surface area contributed by atoms with E-state index < -0.39 is 0 Å². The molecule has 0 aliphatic heterocycles. The molecule has 0 aliphatic rings. The van der Waals surface area contributed by atoms with Gasteiger partial charge in [0.05, 0.1) is 6.61 Å². The minimum absolute atomic E-state index is 0.217. The van der Waals surface area contributed by atoms with Gasteiger partial charge in [-0.1, -0.05) is 35.6 Å². The molecule has 0 radical (unpaired) electrons. The first kappa shape index (κ1) is 15.3. The van der Waals surface area contributed by atoms with Crippen molar-refractivity contribution in [2.45, 2.75) is 4.90 Å². The van der Waals surface area contributed by atoms with Gasteiger partial charge in [-0.25, -0.2) is 0 Å². The van der Waals surface area contributed by atoms with Gasteiger partial charge in [0.2, 0.25) is 5.52 Å². The third kappa shape index (κ3) is 3.40. The van der Waals surface area contributed by atoms with Crippen molar-refractivity contribution in [3.8, 4) is 0 Å². The average molecular weight is 328 g/mol. The van der Waals surface area contributed by atoms with E-state index >= 15 is 0 Å². The Bertz CT molecular complexity index is 790. The fourth-order valence-electron chi connectivity index (χ4n) is 2.27. The van der Waals surface area contributed by atoms with Gasteiger partial charge in [0.25, 0.3) is 5.01 Å². The Kier molecular flexibility index (Phi) is 4.93. The monoisotopic (exact) mass is 328 g/mol. The number of hydrogen-bond donors (Lipinski definition) is 1. The van der Waals surface area contributed by atoms with Crippen LogP contribution in [-0.4, -0.2) is 17.5 Å². The van der Waals surface area contributed by atoms with E-state index in [0.717, 1.165) is 5.75 Å². The summed E-state index contributed by atoms with van der Waals surface area (Å²) in [4.78, 5) is 1.19. The highest BCUT2D eigenvalue weighted by Gasteiger charge is 2.13. The summed E-state index contributed by atoms with van der Waals surface area (Å²) in [6.07, 6.45) is 4.31. The molecule has 0 atom stereocenters. The number of aliphatic hydroxyl groups is 1. The van der Waals surface area contributed by atoms with Crippen molar-refractivity contribution in [2.24, 2.45) is 7.05 Å². The van der Waals surface area contributed by atoms with Crippen LogP contribution in [0.15, 0.2) is 53.4 Å². The van der Waals surface area contributed by atoms with Gasteiger partial charge >= 0.3 is 0 Å².